The van der Waals surface area contributed by atoms with Gasteiger partial charge in [0.15, 0.2) is 0 Å². The predicted molar refractivity (Wildman–Crippen MR) is 110 cm³/mol. The van der Waals surface area contributed by atoms with Crippen molar-refractivity contribution >= 4 is 65.3 Å². The van der Waals surface area contributed by atoms with Gasteiger partial charge in [0.25, 0.3) is 5.91 Å². The Hall–Kier alpha value is -0.560. The van der Waals surface area contributed by atoms with Gasteiger partial charge in [0.2, 0.25) is 0 Å². The number of rotatable bonds is 3. The topological polar surface area (TPSA) is 68.0 Å². The first kappa shape index (κ1) is 22.5. The SMILES string of the molecule is Cl.Cl.NC1CCC(NC(=O)c2csc(-c3ccc(Cl)cc3Cl)n2)CC1. The summed E-state index contributed by atoms with van der Waals surface area (Å²) in [6, 6.07) is 5.70. The van der Waals surface area contributed by atoms with Crippen LogP contribution in [-0.2, 0) is 0 Å². The molecule has 1 aliphatic rings. The van der Waals surface area contributed by atoms with E-state index in [1.807, 2.05) is 6.07 Å². The molecule has 0 saturated heterocycles. The van der Waals surface area contributed by atoms with Crippen LogP contribution in [0.5, 0.6) is 0 Å². The maximum absolute atomic E-state index is 12.3. The average Bonchev–Trinajstić information content (AvgIpc) is 2.99. The number of benzene rings is 1. The number of thiazole rings is 1. The molecule has 0 aliphatic heterocycles. The van der Waals surface area contributed by atoms with Crippen molar-refractivity contribution in [2.24, 2.45) is 5.73 Å². The van der Waals surface area contributed by atoms with Crippen LogP contribution in [0.4, 0.5) is 0 Å². The minimum Gasteiger partial charge on any atom is -0.348 e. The lowest BCUT2D eigenvalue weighted by Gasteiger charge is -2.26. The predicted octanol–water partition coefficient (Wildman–Crippen LogP) is 4.96. The Kier molecular flexibility index (Phi) is 8.95. The molecule has 3 rings (SSSR count). The molecule has 0 spiro atoms. The van der Waals surface area contributed by atoms with Crippen LogP contribution in [0.15, 0.2) is 23.6 Å². The van der Waals surface area contributed by atoms with E-state index < -0.39 is 0 Å². The van der Waals surface area contributed by atoms with E-state index in [2.05, 4.69) is 10.3 Å². The van der Waals surface area contributed by atoms with Crippen LogP contribution in [0.25, 0.3) is 10.6 Å². The van der Waals surface area contributed by atoms with Gasteiger partial charge in [-0.1, -0.05) is 23.2 Å². The number of aromatic nitrogens is 1. The highest BCUT2D eigenvalue weighted by Crippen LogP contribution is 2.32. The molecule has 1 aliphatic carbocycles. The molecule has 1 aromatic heterocycles. The van der Waals surface area contributed by atoms with Crippen LogP contribution in [0, 0.1) is 0 Å². The molecule has 1 heterocycles. The Labute approximate surface area is 173 Å². The zero-order chi connectivity index (χ0) is 16.4. The minimum absolute atomic E-state index is 0. The molecule has 0 radical (unpaired) electrons. The quantitative estimate of drug-likeness (QED) is 0.705. The average molecular weight is 443 g/mol. The number of nitrogens with one attached hydrogen (secondary N) is 1. The van der Waals surface area contributed by atoms with Gasteiger partial charge < -0.3 is 11.1 Å². The van der Waals surface area contributed by atoms with Crippen molar-refractivity contribution in [1.82, 2.24) is 10.3 Å². The summed E-state index contributed by atoms with van der Waals surface area (Å²) in [6.45, 7) is 0. The molecular formula is C16H19Cl4N3OS. The fourth-order valence-corrected chi connectivity index (χ4v) is 4.08. The molecule has 138 valence electrons. The van der Waals surface area contributed by atoms with Gasteiger partial charge in [-0.05, 0) is 43.9 Å². The van der Waals surface area contributed by atoms with E-state index in [-0.39, 0.29) is 42.8 Å². The van der Waals surface area contributed by atoms with E-state index in [1.165, 1.54) is 11.3 Å². The van der Waals surface area contributed by atoms with Gasteiger partial charge in [0.05, 0.1) is 5.02 Å². The van der Waals surface area contributed by atoms with Crippen LogP contribution in [0.2, 0.25) is 10.0 Å². The highest BCUT2D eigenvalue weighted by molar-refractivity contribution is 7.13. The minimum atomic E-state index is -0.141. The summed E-state index contributed by atoms with van der Waals surface area (Å²) in [5, 5.41) is 6.61. The Bertz CT molecular complexity index is 717. The maximum atomic E-state index is 12.3. The van der Waals surface area contributed by atoms with Gasteiger partial charge >= 0.3 is 0 Å². The van der Waals surface area contributed by atoms with Crippen LogP contribution in [-0.4, -0.2) is 23.0 Å². The number of hydrogen-bond donors (Lipinski definition) is 2. The van der Waals surface area contributed by atoms with Gasteiger partial charge in [-0.25, -0.2) is 4.98 Å². The lowest BCUT2D eigenvalue weighted by Crippen LogP contribution is -2.40. The monoisotopic (exact) mass is 441 g/mol. The second-order valence-corrected chi connectivity index (χ2v) is 7.45. The molecule has 4 nitrogen and oxygen atoms in total. The lowest BCUT2D eigenvalue weighted by molar-refractivity contribution is 0.0921. The first-order valence-corrected chi connectivity index (χ1v) is 9.14. The summed E-state index contributed by atoms with van der Waals surface area (Å²) in [6.07, 6.45) is 3.75. The molecule has 0 atom stereocenters. The number of carbonyl (C=O) groups is 1. The van der Waals surface area contributed by atoms with Crippen molar-refractivity contribution in [2.75, 3.05) is 0 Å². The molecule has 1 amide bonds. The Morgan fingerprint density at radius 2 is 1.88 bits per heavy atom. The second kappa shape index (κ2) is 9.95. The lowest BCUT2D eigenvalue weighted by atomic mass is 9.92. The van der Waals surface area contributed by atoms with Gasteiger partial charge in [0, 0.05) is 28.0 Å². The molecule has 9 heteroatoms. The second-order valence-electron chi connectivity index (χ2n) is 5.75. The molecule has 0 unspecified atom stereocenters. The van der Waals surface area contributed by atoms with Gasteiger partial charge in [-0.2, -0.15) is 0 Å². The molecule has 3 N–H and O–H groups in total. The Morgan fingerprint density at radius 1 is 1.20 bits per heavy atom. The van der Waals surface area contributed by atoms with Crippen molar-refractivity contribution in [3.63, 3.8) is 0 Å². The highest BCUT2D eigenvalue weighted by Gasteiger charge is 2.22. The Morgan fingerprint density at radius 3 is 2.52 bits per heavy atom. The third-order valence-electron chi connectivity index (χ3n) is 4.01. The summed E-state index contributed by atoms with van der Waals surface area (Å²) < 4.78 is 0. The summed E-state index contributed by atoms with van der Waals surface area (Å²) in [7, 11) is 0. The third-order valence-corrected chi connectivity index (χ3v) is 5.43. The summed E-state index contributed by atoms with van der Waals surface area (Å²) in [5.41, 5.74) is 7.09. The zero-order valence-corrected chi connectivity index (χ0v) is 17.2. The molecule has 0 bridgehead atoms. The van der Waals surface area contributed by atoms with Crippen molar-refractivity contribution in [3.8, 4) is 10.6 Å². The van der Waals surface area contributed by atoms with Crippen molar-refractivity contribution in [2.45, 2.75) is 37.8 Å². The van der Waals surface area contributed by atoms with Gasteiger partial charge in [0.1, 0.15) is 10.7 Å². The largest absolute Gasteiger partial charge is 0.348 e. The van der Waals surface area contributed by atoms with Crippen LogP contribution >= 0.6 is 59.4 Å². The molecule has 1 fully saturated rings. The third kappa shape index (κ3) is 5.71. The molecular weight excluding hydrogens is 424 g/mol. The first-order chi connectivity index (χ1) is 11.0. The Balaban J connectivity index is 0.00000156. The van der Waals surface area contributed by atoms with E-state index >= 15 is 0 Å². The molecule has 2 aromatic rings. The molecule has 1 saturated carbocycles. The van der Waals surface area contributed by atoms with Crippen molar-refractivity contribution in [3.05, 3.63) is 39.3 Å². The fraction of sp³-hybridized carbons (Fsp3) is 0.375. The highest BCUT2D eigenvalue weighted by atomic mass is 35.5. The number of amides is 1. The molecule has 1 aromatic carbocycles. The van der Waals surface area contributed by atoms with Gasteiger partial charge in [-0.3, -0.25) is 4.79 Å². The van der Waals surface area contributed by atoms with E-state index in [0.29, 0.717) is 20.7 Å². The van der Waals surface area contributed by atoms with E-state index in [0.717, 1.165) is 31.2 Å². The number of halogens is 4. The smallest absolute Gasteiger partial charge is 0.270 e. The normalized spacial score (nSPS) is 19.5. The summed E-state index contributed by atoms with van der Waals surface area (Å²) in [4.78, 5) is 16.7. The van der Waals surface area contributed by atoms with Crippen molar-refractivity contribution in [1.29, 1.82) is 0 Å². The first-order valence-electron chi connectivity index (χ1n) is 7.50. The van der Waals surface area contributed by atoms with Crippen LogP contribution in [0.3, 0.4) is 0 Å². The number of hydrogen-bond acceptors (Lipinski definition) is 4. The van der Waals surface area contributed by atoms with E-state index in [1.54, 1.807) is 17.5 Å². The van der Waals surface area contributed by atoms with E-state index in [4.69, 9.17) is 28.9 Å². The maximum Gasteiger partial charge on any atom is 0.270 e. The summed E-state index contributed by atoms with van der Waals surface area (Å²) >= 11 is 13.5. The van der Waals surface area contributed by atoms with E-state index in [9.17, 15) is 4.79 Å². The standard InChI is InChI=1S/C16H17Cl2N3OS.2ClH/c17-9-1-6-12(13(18)7-9)16-21-14(8-23-16)15(22)20-11-4-2-10(19)3-5-11;;/h1,6-8,10-11H,2-5,19H2,(H,20,22);2*1H. The molecule has 25 heavy (non-hydrogen) atoms. The van der Waals surface area contributed by atoms with Gasteiger partial charge in [-0.15, -0.1) is 36.2 Å². The number of carbonyl (C=O) groups excluding carboxylic acids is 1. The number of nitrogens with two attached hydrogens (primary N) is 1. The number of nitrogens with zero attached hydrogens (tertiary/aromatic N) is 1. The zero-order valence-electron chi connectivity index (χ0n) is 13.2. The van der Waals surface area contributed by atoms with Crippen LogP contribution in [0.1, 0.15) is 36.2 Å². The van der Waals surface area contributed by atoms with Crippen LogP contribution < -0.4 is 11.1 Å². The summed E-state index contributed by atoms with van der Waals surface area (Å²) in [5.74, 6) is -0.141. The van der Waals surface area contributed by atoms with Crippen molar-refractivity contribution < 1.29 is 4.79 Å². The fourth-order valence-electron chi connectivity index (χ4n) is 2.69.